The highest BCUT2D eigenvalue weighted by molar-refractivity contribution is 6.21. The minimum absolute atomic E-state index is 0.0751. The second-order valence-electron chi connectivity index (χ2n) is 5.62. The lowest BCUT2D eigenvalue weighted by atomic mass is 10.0. The highest BCUT2D eigenvalue weighted by Gasteiger charge is 2.21. The molecule has 1 atom stereocenters. The number of hydrogen-bond acceptors (Lipinski definition) is 2. The Labute approximate surface area is 137 Å². The SMILES string of the molecule is CCOc1ccccc1C(Cl)CN1CCCc2ccccc21. The van der Waals surface area contributed by atoms with E-state index in [-0.39, 0.29) is 5.38 Å². The molecule has 22 heavy (non-hydrogen) atoms. The summed E-state index contributed by atoms with van der Waals surface area (Å²) >= 11 is 6.73. The van der Waals surface area contributed by atoms with Crippen molar-refractivity contribution in [3.8, 4) is 5.75 Å². The monoisotopic (exact) mass is 315 g/mol. The molecule has 1 aliphatic rings. The summed E-state index contributed by atoms with van der Waals surface area (Å²) in [7, 11) is 0. The van der Waals surface area contributed by atoms with Gasteiger partial charge in [0.25, 0.3) is 0 Å². The van der Waals surface area contributed by atoms with Gasteiger partial charge in [0.05, 0.1) is 12.0 Å². The van der Waals surface area contributed by atoms with E-state index in [2.05, 4.69) is 35.2 Å². The van der Waals surface area contributed by atoms with Crippen molar-refractivity contribution >= 4 is 17.3 Å². The molecule has 0 fully saturated rings. The minimum atomic E-state index is -0.0751. The fraction of sp³-hybridized carbons (Fsp3) is 0.368. The lowest BCUT2D eigenvalue weighted by Crippen LogP contribution is -2.32. The number of benzene rings is 2. The van der Waals surface area contributed by atoms with Crippen LogP contribution in [0.2, 0.25) is 0 Å². The molecule has 3 rings (SSSR count). The van der Waals surface area contributed by atoms with Gasteiger partial charge in [0.2, 0.25) is 0 Å². The molecule has 116 valence electrons. The van der Waals surface area contributed by atoms with E-state index < -0.39 is 0 Å². The number of anilines is 1. The van der Waals surface area contributed by atoms with Gasteiger partial charge in [0.15, 0.2) is 0 Å². The van der Waals surface area contributed by atoms with Crippen molar-refractivity contribution in [1.82, 2.24) is 0 Å². The summed E-state index contributed by atoms with van der Waals surface area (Å²) < 4.78 is 5.71. The molecule has 0 spiro atoms. The molecule has 0 aromatic heterocycles. The highest BCUT2D eigenvalue weighted by Crippen LogP contribution is 2.34. The Morgan fingerprint density at radius 2 is 1.91 bits per heavy atom. The number of halogens is 1. The normalized spacial score (nSPS) is 15.3. The number of fused-ring (bicyclic) bond motifs is 1. The molecule has 2 nitrogen and oxygen atoms in total. The standard InChI is InChI=1S/C19H22ClNO/c1-2-22-19-12-6-4-10-16(19)17(20)14-21-13-7-9-15-8-3-5-11-18(15)21/h3-6,8,10-12,17H,2,7,9,13-14H2,1H3. The fourth-order valence-corrected chi connectivity index (χ4v) is 3.47. The van der Waals surface area contributed by atoms with E-state index in [9.17, 15) is 0 Å². The van der Waals surface area contributed by atoms with E-state index in [1.165, 1.54) is 17.7 Å². The van der Waals surface area contributed by atoms with Crippen LogP contribution in [-0.4, -0.2) is 19.7 Å². The predicted octanol–water partition coefficient (Wildman–Crippen LogP) is 4.82. The van der Waals surface area contributed by atoms with Gasteiger partial charge in [0.1, 0.15) is 5.75 Å². The summed E-state index contributed by atoms with van der Waals surface area (Å²) in [4.78, 5) is 2.40. The average Bonchev–Trinajstić information content (AvgIpc) is 2.56. The highest BCUT2D eigenvalue weighted by atomic mass is 35.5. The van der Waals surface area contributed by atoms with Crippen molar-refractivity contribution in [2.75, 3.05) is 24.6 Å². The molecule has 1 heterocycles. The molecule has 0 amide bonds. The third-order valence-corrected chi connectivity index (χ3v) is 4.52. The van der Waals surface area contributed by atoms with Crippen LogP contribution >= 0.6 is 11.6 Å². The number of hydrogen-bond donors (Lipinski definition) is 0. The molecule has 3 heteroatoms. The first-order valence-electron chi connectivity index (χ1n) is 7.98. The first-order chi connectivity index (χ1) is 10.8. The van der Waals surface area contributed by atoms with E-state index in [1.807, 2.05) is 25.1 Å². The lowest BCUT2D eigenvalue weighted by Gasteiger charge is -2.33. The van der Waals surface area contributed by atoms with Gasteiger partial charge in [-0.15, -0.1) is 11.6 Å². The maximum absolute atomic E-state index is 6.73. The summed E-state index contributed by atoms with van der Waals surface area (Å²) in [5.74, 6) is 0.898. The topological polar surface area (TPSA) is 12.5 Å². The maximum atomic E-state index is 6.73. The lowest BCUT2D eigenvalue weighted by molar-refractivity contribution is 0.336. The third-order valence-electron chi connectivity index (χ3n) is 4.14. The Kier molecular flexibility index (Phi) is 4.89. The molecule has 0 N–H and O–H groups in total. The summed E-state index contributed by atoms with van der Waals surface area (Å²) in [6.07, 6.45) is 2.35. The van der Waals surface area contributed by atoms with Crippen LogP contribution in [0, 0.1) is 0 Å². The van der Waals surface area contributed by atoms with Crippen LogP contribution in [0.5, 0.6) is 5.75 Å². The largest absolute Gasteiger partial charge is 0.494 e. The minimum Gasteiger partial charge on any atom is -0.494 e. The Hall–Kier alpha value is -1.67. The van der Waals surface area contributed by atoms with Gasteiger partial charge >= 0.3 is 0 Å². The third kappa shape index (κ3) is 3.22. The number of rotatable bonds is 5. The van der Waals surface area contributed by atoms with Crippen molar-refractivity contribution < 1.29 is 4.74 Å². The van der Waals surface area contributed by atoms with Crippen molar-refractivity contribution in [3.05, 3.63) is 59.7 Å². The zero-order valence-corrected chi connectivity index (χ0v) is 13.7. The van der Waals surface area contributed by atoms with E-state index in [1.54, 1.807) is 0 Å². The van der Waals surface area contributed by atoms with Crippen LogP contribution in [0.1, 0.15) is 29.8 Å². The van der Waals surface area contributed by atoms with E-state index in [0.29, 0.717) is 6.61 Å². The number of nitrogens with zero attached hydrogens (tertiary/aromatic N) is 1. The van der Waals surface area contributed by atoms with Crippen LogP contribution in [-0.2, 0) is 6.42 Å². The molecule has 0 saturated carbocycles. The van der Waals surface area contributed by atoms with Gasteiger partial charge in [-0.25, -0.2) is 0 Å². The van der Waals surface area contributed by atoms with E-state index >= 15 is 0 Å². The van der Waals surface area contributed by atoms with E-state index in [0.717, 1.165) is 30.8 Å². The van der Waals surface area contributed by atoms with Crippen LogP contribution in [0.25, 0.3) is 0 Å². The summed E-state index contributed by atoms with van der Waals surface area (Å²) in [5, 5.41) is -0.0751. The number of aryl methyl sites for hydroxylation is 1. The molecule has 2 aromatic rings. The number of ether oxygens (including phenoxy) is 1. The second-order valence-corrected chi connectivity index (χ2v) is 6.14. The Morgan fingerprint density at radius 3 is 2.77 bits per heavy atom. The van der Waals surface area contributed by atoms with E-state index in [4.69, 9.17) is 16.3 Å². The predicted molar refractivity (Wildman–Crippen MR) is 93.2 cm³/mol. The van der Waals surface area contributed by atoms with Gasteiger partial charge < -0.3 is 9.64 Å². The first kappa shape index (κ1) is 15.2. The summed E-state index contributed by atoms with van der Waals surface area (Å²) in [6.45, 7) is 4.54. The van der Waals surface area contributed by atoms with Gasteiger partial charge in [-0.05, 0) is 37.5 Å². The number of alkyl halides is 1. The summed E-state index contributed by atoms with van der Waals surface area (Å²) in [6, 6.07) is 16.7. The van der Waals surface area contributed by atoms with Crippen molar-refractivity contribution in [1.29, 1.82) is 0 Å². The molecular weight excluding hydrogens is 294 g/mol. The molecule has 1 unspecified atom stereocenters. The summed E-state index contributed by atoms with van der Waals surface area (Å²) in [5.41, 5.74) is 3.83. The van der Waals surface area contributed by atoms with Gasteiger partial charge in [-0.3, -0.25) is 0 Å². The van der Waals surface area contributed by atoms with Crippen molar-refractivity contribution in [2.45, 2.75) is 25.1 Å². The molecular formula is C19H22ClNO. The van der Waals surface area contributed by atoms with Gasteiger partial charge in [0, 0.05) is 24.3 Å². The molecule has 2 aromatic carbocycles. The first-order valence-corrected chi connectivity index (χ1v) is 8.42. The quantitative estimate of drug-likeness (QED) is 0.734. The molecule has 0 aliphatic carbocycles. The Morgan fingerprint density at radius 1 is 1.14 bits per heavy atom. The molecule has 0 radical (unpaired) electrons. The number of para-hydroxylation sites is 2. The average molecular weight is 316 g/mol. The van der Waals surface area contributed by atoms with Crippen LogP contribution < -0.4 is 9.64 Å². The van der Waals surface area contributed by atoms with Gasteiger partial charge in [-0.2, -0.15) is 0 Å². The van der Waals surface area contributed by atoms with Crippen molar-refractivity contribution in [2.24, 2.45) is 0 Å². The molecule has 1 aliphatic heterocycles. The van der Waals surface area contributed by atoms with Crippen molar-refractivity contribution in [3.63, 3.8) is 0 Å². The fourth-order valence-electron chi connectivity index (χ4n) is 3.12. The van der Waals surface area contributed by atoms with Gasteiger partial charge in [-0.1, -0.05) is 36.4 Å². The maximum Gasteiger partial charge on any atom is 0.124 e. The van der Waals surface area contributed by atoms with Crippen LogP contribution in [0.15, 0.2) is 48.5 Å². The Bertz CT molecular complexity index is 628. The smallest absolute Gasteiger partial charge is 0.124 e. The van der Waals surface area contributed by atoms with Crippen LogP contribution in [0.3, 0.4) is 0 Å². The molecule has 0 saturated heterocycles. The molecule has 0 bridgehead atoms. The van der Waals surface area contributed by atoms with Crippen LogP contribution in [0.4, 0.5) is 5.69 Å². The Balaban J connectivity index is 1.79. The zero-order chi connectivity index (χ0) is 15.4. The zero-order valence-electron chi connectivity index (χ0n) is 13.0. The second kappa shape index (κ2) is 7.06.